The number of hydrogen-bond acceptors (Lipinski definition) is 4. The zero-order valence-electron chi connectivity index (χ0n) is 15.4. The van der Waals surface area contributed by atoms with Crippen LogP contribution in [0, 0.1) is 5.92 Å². The first-order chi connectivity index (χ1) is 12.3. The van der Waals surface area contributed by atoms with Crippen molar-refractivity contribution in [2.45, 2.75) is 62.6 Å². The van der Waals surface area contributed by atoms with Crippen LogP contribution in [-0.2, 0) is 17.4 Å². The number of aryl methyl sites for hydroxylation is 1. The number of aromatic nitrogens is 1. The fourth-order valence-electron chi connectivity index (χ4n) is 5.61. The van der Waals surface area contributed by atoms with Crippen LogP contribution in [0.4, 0.5) is 0 Å². The standard InChI is InChI=1S/C22H27NO3/c1-3-21-14-20(2,25)22(26,17-5-4-10-23-13-17)12-16(21)7-6-15-11-18(24)8-9-19(15)21/h4-5,8-11,13,16,24-26H,3,6-7,12,14H2,1-2H3. The van der Waals surface area contributed by atoms with Crippen LogP contribution in [0.3, 0.4) is 0 Å². The van der Waals surface area contributed by atoms with E-state index in [-0.39, 0.29) is 11.3 Å². The van der Waals surface area contributed by atoms with Gasteiger partial charge in [-0.1, -0.05) is 19.1 Å². The molecule has 2 aromatic rings. The van der Waals surface area contributed by atoms with Crippen LogP contribution in [0.15, 0.2) is 42.7 Å². The predicted molar refractivity (Wildman–Crippen MR) is 99.9 cm³/mol. The molecule has 0 radical (unpaired) electrons. The summed E-state index contributed by atoms with van der Waals surface area (Å²) in [5.41, 5.74) is 0.326. The molecule has 1 fully saturated rings. The fraction of sp³-hybridized carbons (Fsp3) is 0.500. The van der Waals surface area contributed by atoms with Crippen molar-refractivity contribution in [3.05, 3.63) is 59.4 Å². The summed E-state index contributed by atoms with van der Waals surface area (Å²) in [6, 6.07) is 9.29. The maximum absolute atomic E-state index is 11.6. The summed E-state index contributed by atoms with van der Waals surface area (Å²) < 4.78 is 0. The van der Waals surface area contributed by atoms with Gasteiger partial charge in [-0.25, -0.2) is 0 Å². The molecule has 0 bridgehead atoms. The number of hydrogen-bond donors (Lipinski definition) is 3. The first-order valence-corrected chi connectivity index (χ1v) is 9.50. The lowest BCUT2D eigenvalue weighted by molar-refractivity contribution is -0.205. The first-order valence-electron chi connectivity index (χ1n) is 9.50. The molecule has 4 atom stereocenters. The number of aliphatic hydroxyl groups is 2. The first kappa shape index (κ1) is 17.5. The Hall–Kier alpha value is -1.91. The Morgan fingerprint density at radius 2 is 2.04 bits per heavy atom. The van der Waals surface area contributed by atoms with Gasteiger partial charge in [0.1, 0.15) is 11.4 Å². The fourth-order valence-corrected chi connectivity index (χ4v) is 5.61. The number of nitrogens with zero attached hydrogens (tertiary/aromatic N) is 1. The van der Waals surface area contributed by atoms with E-state index in [0.717, 1.165) is 19.3 Å². The molecule has 2 aliphatic rings. The van der Waals surface area contributed by atoms with Crippen molar-refractivity contribution in [3.8, 4) is 5.75 Å². The molecule has 4 unspecified atom stereocenters. The summed E-state index contributed by atoms with van der Waals surface area (Å²) in [6.45, 7) is 3.92. The molecule has 2 aliphatic carbocycles. The molecule has 3 N–H and O–H groups in total. The number of phenolic OH excluding ortho intramolecular Hbond substituents is 1. The van der Waals surface area contributed by atoms with Crippen LogP contribution in [0.25, 0.3) is 0 Å². The third kappa shape index (κ3) is 2.32. The second-order valence-electron chi connectivity index (χ2n) is 8.34. The molecule has 4 heteroatoms. The van der Waals surface area contributed by atoms with Crippen LogP contribution < -0.4 is 0 Å². The molecular weight excluding hydrogens is 326 g/mol. The lowest BCUT2D eigenvalue weighted by Gasteiger charge is -2.59. The summed E-state index contributed by atoms with van der Waals surface area (Å²) in [6.07, 6.45) is 7.09. The Morgan fingerprint density at radius 3 is 2.73 bits per heavy atom. The zero-order valence-corrected chi connectivity index (χ0v) is 15.4. The molecule has 26 heavy (non-hydrogen) atoms. The summed E-state index contributed by atoms with van der Waals surface area (Å²) in [7, 11) is 0. The highest BCUT2D eigenvalue weighted by Gasteiger charge is 2.60. The van der Waals surface area contributed by atoms with Gasteiger partial charge in [-0.15, -0.1) is 0 Å². The summed E-state index contributed by atoms with van der Waals surface area (Å²) >= 11 is 0. The van der Waals surface area contributed by atoms with Gasteiger partial charge in [0, 0.05) is 23.4 Å². The molecule has 138 valence electrons. The van der Waals surface area contributed by atoms with Crippen LogP contribution in [0.5, 0.6) is 5.75 Å². The lowest BCUT2D eigenvalue weighted by Crippen LogP contribution is -2.62. The largest absolute Gasteiger partial charge is 0.508 e. The molecular formula is C22H27NO3. The van der Waals surface area contributed by atoms with Gasteiger partial charge >= 0.3 is 0 Å². The summed E-state index contributed by atoms with van der Waals surface area (Å²) in [5, 5.41) is 32.9. The van der Waals surface area contributed by atoms with E-state index in [1.54, 1.807) is 25.4 Å². The van der Waals surface area contributed by atoms with E-state index in [1.807, 2.05) is 24.3 Å². The molecule has 4 nitrogen and oxygen atoms in total. The van der Waals surface area contributed by atoms with E-state index >= 15 is 0 Å². The molecule has 4 rings (SSSR count). The third-order valence-electron chi connectivity index (χ3n) is 7.03. The van der Waals surface area contributed by atoms with Crippen molar-refractivity contribution in [2.75, 3.05) is 0 Å². The third-order valence-corrected chi connectivity index (χ3v) is 7.03. The summed E-state index contributed by atoms with van der Waals surface area (Å²) in [4.78, 5) is 4.16. The highest BCUT2D eigenvalue weighted by Crippen LogP contribution is 2.60. The number of pyridine rings is 1. The van der Waals surface area contributed by atoms with Gasteiger partial charge in [0.25, 0.3) is 0 Å². The van der Waals surface area contributed by atoms with Crippen molar-refractivity contribution in [3.63, 3.8) is 0 Å². The number of aromatic hydroxyl groups is 1. The molecule has 1 aromatic heterocycles. The molecule has 1 aromatic carbocycles. The van der Waals surface area contributed by atoms with E-state index in [0.29, 0.717) is 24.2 Å². The maximum Gasteiger partial charge on any atom is 0.120 e. The zero-order chi connectivity index (χ0) is 18.6. The van der Waals surface area contributed by atoms with Crippen molar-refractivity contribution < 1.29 is 15.3 Å². The van der Waals surface area contributed by atoms with Crippen LogP contribution in [0.2, 0.25) is 0 Å². The highest BCUT2D eigenvalue weighted by atomic mass is 16.4. The van der Waals surface area contributed by atoms with Gasteiger partial charge in [-0.3, -0.25) is 4.98 Å². The number of benzene rings is 1. The minimum absolute atomic E-state index is 0.181. The molecule has 0 saturated heterocycles. The Balaban J connectivity index is 1.83. The summed E-state index contributed by atoms with van der Waals surface area (Å²) in [5.74, 6) is 0.567. The van der Waals surface area contributed by atoms with Gasteiger partial charge in [0.15, 0.2) is 0 Å². The Bertz CT molecular complexity index is 819. The monoisotopic (exact) mass is 353 g/mol. The average molecular weight is 353 g/mol. The van der Waals surface area contributed by atoms with Crippen molar-refractivity contribution >= 4 is 0 Å². The van der Waals surface area contributed by atoms with E-state index < -0.39 is 11.2 Å². The van der Waals surface area contributed by atoms with Crippen LogP contribution in [0.1, 0.15) is 56.2 Å². The van der Waals surface area contributed by atoms with Crippen LogP contribution >= 0.6 is 0 Å². The Kier molecular flexibility index (Phi) is 3.90. The smallest absolute Gasteiger partial charge is 0.120 e. The Labute approximate surface area is 154 Å². The minimum atomic E-state index is -1.31. The molecule has 1 heterocycles. The van der Waals surface area contributed by atoms with Gasteiger partial charge < -0.3 is 15.3 Å². The Morgan fingerprint density at radius 1 is 1.23 bits per heavy atom. The average Bonchev–Trinajstić information content (AvgIpc) is 2.63. The van der Waals surface area contributed by atoms with Gasteiger partial charge in [-0.05, 0) is 74.3 Å². The van der Waals surface area contributed by atoms with E-state index in [9.17, 15) is 15.3 Å². The molecule has 1 saturated carbocycles. The number of fused-ring (bicyclic) bond motifs is 3. The molecule has 0 spiro atoms. The molecule has 0 amide bonds. The maximum atomic E-state index is 11.6. The van der Waals surface area contributed by atoms with E-state index in [1.165, 1.54) is 11.1 Å². The topological polar surface area (TPSA) is 73.6 Å². The predicted octanol–water partition coefficient (Wildman–Crippen LogP) is 3.43. The SMILES string of the molecule is CCC12CC(C)(O)C(O)(c3cccnc3)CC1CCc1cc(O)ccc12. The van der Waals surface area contributed by atoms with Gasteiger partial charge in [0.2, 0.25) is 0 Å². The van der Waals surface area contributed by atoms with Crippen LogP contribution in [-0.4, -0.2) is 25.9 Å². The number of rotatable bonds is 2. The van der Waals surface area contributed by atoms with Crippen molar-refractivity contribution in [2.24, 2.45) is 5.92 Å². The quantitative estimate of drug-likeness (QED) is 0.773. The second kappa shape index (κ2) is 5.80. The highest BCUT2D eigenvalue weighted by molar-refractivity contribution is 5.44. The van der Waals surface area contributed by atoms with Crippen molar-refractivity contribution in [1.29, 1.82) is 0 Å². The second-order valence-corrected chi connectivity index (χ2v) is 8.34. The minimum Gasteiger partial charge on any atom is -0.508 e. The lowest BCUT2D eigenvalue weighted by atomic mass is 9.49. The van der Waals surface area contributed by atoms with Gasteiger partial charge in [-0.2, -0.15) is 0 Å². The van der Waals surface area contributed by atoms with E-state index in [2.05, 4.69) is 11.9 Å². The normalized spacial score (nSPS) is 36.2. The number of phenols is 1. The molecule has 0 aliphatic heterocycles. The van der Waals surface area contributed by atoms with Gasteiger partial charge in [0.05, 0.1) is 5.60 Å². The van der Waals surface area contributed by atoms with E-state index in [4.69, 9.17) is 0 Å². The van der Waals surface area contributed by atoms with Crippen molar-refractivity contribution in [1.82, 2.24) is 4.98 Å².